The summed E-state index contributed by atoms with van der Waals surface area (Å²) < 4.78 is 10.2. The van der Waals surface area contributed by atoms with Crippen molar-refractivity contribution in [3.63, 3.8) is 0 Å². The summed E-state index contributed by atoms with van der Waals surface area (Å²) in [7, 11) is 0. The third-order valence-electron chi connectivity index (χ3n) is 3.42. The van der Waals surface area contributed by atoms with Gasteiger partial charge in [0.05, 0.1) is 17.1 Å². The van der Waals surface area contributed by atoms with Crippen molar-refractivity contribution in [1.29, 1.82) is 0 Å². The molecule has 2 aromatic rings. The van der Waals surface area contributed by atoms with E-state index in [9.17, 15) is 14.9 Å². The van der Waals surface area contributed by atoms with Crippen LogP contribution < -0.4 is 4.74 Å². The fourth-order valence-corrected chi connectivity index (χ4v) is 2.35. The lowest BCUT2D eigenvalue weighted by Gasteiger charge is -2.12. The van der Waals surface area contributed by atoms with Crippen molar-refractivity contribution in [1.82, 2.24) is 0 Å². The van der Waals surface area contributed by atoms with E-state index in [1.165, 1.54) is 18.2 Å². The first-order valence-corrected chi connectivity index (χ1v) is 7.20. The van der Waals surface area contributed by atoms with Gasteiger partial charge in [0.1, 0.15) is 12.4 Å². The number of aliphatic hydroxyl groups is 1. The molecule has 0 aliphatic carbocycles. The lowest BCUT2D eigenvalue weighted by atomic mass is 10.1. The van der Waals surface area contributed by atoms with E-state index >= 15 is 0 Å². The molecule has 7 heteroatoms. The standard InChI is InChI=1S/C17H17NO6/c1-11-7-13(9-19)8-12(2)16(11)24-17(20)23-10-14-5-3-4-6-15(14)18(21)22/h3-8,19H,9-10H2,1-2H3. The van der Waals surface area contributed by atoms with Crippen LogP contribution in [0.3, 0.4) is 0 Å². The summed E-state index contributed by atoms with van der Waals surface area (Å²) >= 11 is 0. The first-order chi connectivity index (χ1) is 11.4. The van der Waals surface area contributed by atoms with Gasteiger partial charge >= 0.3 is 6.16 Å². The van der Waals surface area contributed by atoms with Crippen molar-refractivity contribution in [2.24, 2.45) is 0 Å². The lowest BCUT2D eigenvalue weighted by Crippen LogP contribution is -2.13. The quantitative estimate of drug-likeness (QED) is 0.390. The molecule has 0 aliphatic rings. The number of hydrogen-bond acceptors (Lipinski definition) is 6. The Labute approximate surface area is 138 Å². The largest absolute Gasteiger partial charge is 0.514 e. The summed E-state index contributed by atoms with van der Waals surface area (Å²) in [6.07, 6.45) is -0.948. The highest BCUT2D eigenvalue weighted by molar-refractivity contribution is 5.65. The molecule has 0 bridgehead atoms. The highest BCUT2D eigenvalue weighted by Gasteiger charge is 2.16. The molecule has 0 radical (unpaired) electrons. The van der Waals surface area contributed by atoms with Crippen LogP contribution >= 0.6 is 0 Å². The van der Waals surface area contributed by atoms with Gasteiger partial charge < -0.3 is 14.6 Å². The van der Waals surface area contributed by atoms with Gasteiger partial charge in [-0.25, -0.2) is 4.79 Å². The van der Waals surface area contributed by atoms with Gasteiger partial charge in [-0.15, -0.1) is 0 Å². The van der Waals surface area contributed by atoms with Gasteiger partial charge in [0, 0.05) is 6.07 Å². The molecule has 1 N–H and O–H groups in total. The fourth-order valence-electron chi connectivity index (χ4n) is 2.35. The molecule has 0 amide bonds. The minimum Gasteiger partial charge on any atom is -0.429 e. The van der Waals surface area contributed by atoms with Gasteiger partial charge in [0.15, 0.2) is 0 Å². The molecule has 0 fully saturated rings. The number of aryl methyl sites for hydroxylation is 2. The number of rotatable bonds is 5. The van der Waals surface area contributed by atoms with Gasteiger partial charge in [-0.3, -0.25) is 10.1 Å². The predicted molar refractivity (Wildman–Crippen MR) is 85.7 cm³/mol. The number of nitro benzene ring substituents is 1. The summed E-state index contributed by atoms with van der Waals surface area (Å²) in [4.78, 5) is 22.2. The molecule has 0 aliphatic heterocycles. The Morgan fingerprint density at radius 1 is 1.21 bits per heavy atom. The molecule has 0 aromatic heterocycles. The summed E-state index contributed by atoms with van der Waals surface area (Å²) in [5.41, 5.74) is 2.24. The molecule has 0 saturated heterocycles. The summed E-state index contributed by atoms with van der Waals surface area (Å²) in [6.45, 7) is 3.13. The number of benzene rings is 2. The van der Waals surface area contributed by atoms with Crippen molar-refractivity contribution >= 4 is 11.8 Å². The molecule has 0 spiro atoms. The van der Waals surface area contributed by atoms with E-state index in [0.29, 0.717) is 22.4 Å². The molecule has 0 saturated carbocycles. The monoisotopic (exact) mass is 331 g/mol. The van der Waals surface area contributed by atoms with E-state index in [1.807, 2.05) is 0 Å². The molecule has 0 unspecified atom stereocenters. The average molecular weight is 331 g/mol. The van der Waals surface area contributed by atoms with Gasteiger partial charge in [0.2, 0.25) is 0 Å². The number of para-hydroxylation sites is 1. The van der Waals surface area contributed by atoms with Crippen molar-refractivity contribution in [3.8, 4) is 5.75 Å². The van der Waals surface area contributed by atoms with Crippen LogP contribution in [0.5, 0.6) is 5.75 Å². The van der Waals surface area contributed by atoms with Crippen molar-refractivity contribution < 1.29 is 24.3 Å². The number of carbonyl (C=O) groups is 1. The zero-order valence-electron chi connectivity index (χ0n) is 13.3. The number of carbonyl (C=O) groups excluding carboxylic acids is 1. The smallest absolute Gasteiger partial charge is 0.429 e. The maximum Gasteiger partial charge on any atom is 0.514 e. The van der Waals surface area contributed by atoms with E-state index in [4.69, 9.17) is 14.6 Å². The Morgan fingerprint density at radius 2 is 1.83 bits per heavy atom. The number of ether oxygens (including phenoxy) is 2. The first-order valence-electron chi connectivity index (χ1n) is 7.20. The molecule has 7 nitrogen and oxygen atoms in total. The number of nitrogens with zero attached hydrogens (tertiary/aromatic N) is 1. The Bertz CT molecular complexity index is 748. The van der Waals surface area contributed by atoms with Crippen LogP contribution in [0.2, 0.25) is 0 Å². The maximum atomic E-state index is 11.9. The maximum absolute atomic E-state index is 11.9. The third kappa shape index (κ3) is 4.08. The molecular formula is C17H17NO6. The molecule has 0 heterocycles. The first kappa shape index (κ1) is 17.4. The van der Waals surface area contributed by atoms with E-state index in [0.717, 1.165) is 0 Å². The fraction of sp³-hybridized carbons (Fsp3) is 0.235. The Kier molecular flexibility index (Phi) is 5.49. The zero-order valence-corrected chi connectivity index (χ0v) is 13.3. The molecule has 24 heavy (non-hydrogen) atoms. The average Bonchev–Trinajstić information content (AvgIpc) is 2.56. The van der Waals surface area contributed by atoms with Crippen molar-refractivity contribution in [3.05, 3.63) is 68.8 Å². The Morgan fingerprint density at radius 3 is 2.42 bits per heavy atom. The van der Waals surface area contributed by atoms with E-state index in [1.54, 1.807) is 32.0 Å². The number of aliphatic hydroxyl groups excluding tert-OH is 1. The highest BCUT2D eigenvalue weighted by Crippen LogP contribution is 2.26. The number of nitro groups is 1. The Hall–Kier alpha value is -2.93. The predicted octanol–water partition coefficient (Wildman–Crippen LogP) is 3.42. The minimum atomic E-state index is -0.948. The highest BCUT2D eigenvalue weighted by atomic mass is 16.7. The normalized spacial score (nSPS) is 10.3. The van der Waals surface area contributed by atoms with E-state index < -0.39 is 11.1 Å². The molecule has 0 atom stereocenters. The van der Waals surface area contributed by atoms with Crippen LogP contribution in [0.4, 0.5) is 10.5 Å². The van der Waals surface area contributed by atoms with Crippen LogP contribution in [0.15, 0.2) is 36.4 Å². The zero-order chi connectivity index (χ0) is 17.7. The summed E-state index contributed by atoms with van der Waals surface area (Å²) in [5.74, 6) is 0.347. The minimum absolute atomic E-state index is 0.107. The van der Waals surface area contributed by atoms with Crippen LogP contribution in [0.25, 0.3) is 0 Å². The molecular weight excluding hydrogens is 314 g/mol. The van der Waals surface area contributed by atoms with Crippen LogP contribution in [0, 0.1) is 24.0 Å². The number of hydrogen-bond donors (Lipinski definition) is 1. The van der Waals surface area contributed by atoms with Crippen LogP contribution in [0.1, 0.15) is 22.3 Å². The lowest BCUT2D eigenvalue weighted by molar-refractivity contribution is -0.385. The van der Waals surface area contributed by atoms with Gasteiger partial charge in [-0.05, 0) is 36.6 Å². The molecule has 126 valence electrons. The van der Waals surface area contributed by atoms with E-state index in [-0.39, 0.29) is 24.5 Å². The third-order valence-corrected chi connectivity index (χ3v) is 3.42. The summed E-state index contributed by atoms with van der Waals surface area (Å²) in [6, 6.07) is 9.42. The van der Waals surface area contributed by atoms with Crippen LogP contribution in [-0.4, -0.2) is 16.2 Å². The van der Waals surface area contributed by atoms with Crippen LogP contribution in [-0.2, 0) is 18.0 Å². The van der Waals surface area contributed by atoms with Gasteiger partial charge in [0.25, 0.3) is 5.69 Å². The van der Waals surface area contributed by atoms with Gasteiger partial charge in [-0.2, -0.15) is 0 Å². The van der Waals surface area contributed by atoms with Crippen molar-refractivity contribution in [2.45, 2.75) is 27.1 Å². The Balaban J connectivity index is 2.06. The van der Waals surface area contributed by atoms with Gasteiger partial charge in [-0.1, -0.05) is 24.3 Å². The van der Waals surface area contributed by atoms with E-state index in [2.05, 4.69) is 0 Å². The second-order valence-electron chi connectivity index (χ2n) is 5.24. The molecule has 2 rings (SSSR count). The second kappa shape index (κ2) is 7.56. The van der Waals surface area contributed by atoms with Crippen molar-refractivity contribution in [2.75, 3.05) is 0 Å². The second-order valence-corrected chi connectivity index (χ2v) is 5.24. The summed E-state index contributed by atoms with van der Waals surface area (Å²) in [5, 5.41) is 20.1. The topological polar surface area (TPSA) is 98.9 Å². The SMILES string of the molecule is Cc1cc(CO)cc(C)c1OC(=O)OCc1ccccc1[N+](=O)[O-]. The molecule has 2 aromatic carbocycles.